The molecule has 0 aliphatic carbocycles. The normalized spacial score (nSPS) is 11.2. The molecule has 0 saturated carbocycles. The van der Waals surface area contributed by atoms with Gasteiger partial charge in [0.2, 0.25) is 0 Å². The number of anilines is 1. The van der Waals surface area contributed by atoms with E-state index in [1.54, 1.807) is 6.08 Å². The highest BCUT2D eigenvalue weighted by Gasteiger charge is 2.18. The topological polar surface area (TPSA) is 111 Å². The standard InChI is InChI=1S/C15H20N4O4/c1-2-3-4-5-6-7-8-11-16-17-14-10-9-13(18(20)21)12-15(14)19(22)23/h7-12,17H,2-6H2,1H3/b8-7+,16-11+. The van der Waals surface area contributed by atoms with Crippen molar-refractivity contribution in [3.8, 4) is 0 Å². The summed E-state index contributed by atoms with van der Waals surface area (Å²) in [6.45, 7) is 2.16. The smallest absolute Gasteiger partial charge is 0.272 e. The van der Waals surface area contributed by atoms with E-state index in [-0.39, 0.29) is 17.1 Å². The molecule has 0 heterocycles. The van der Waals surface area contributed by atoms with Gasteiger partial charge in [-0.2, -0.15) is 5.10 Å². The maximum Gasteiger partial charge on any atom is 0.301 e. The Bertz CT molecular complexity index is 599. The lowest BCUT2D eigenvalue weighted by molar-refractivity contribution is -0.393. The highest BCUT2D eigenvalue weighted by Crippen LogP contribution is 2.28. The van der Waals surface area contributed by atoms with E-state index in [1.807, 2.05) is 6.08 Å². The molecule has 0 aromatic heterocycles. The van der Waals surface area contributed by atoms with E-state index in [2.05, 4.69) is 17.5 Å². The van der Waals surface area contributed by atoms with Gasteiger partial charge < -0.3 is 0 Å². The van der Waals surface area contributed by atoms with Crippen molar-refractivity contribution in [1.82, 2.24) is 0 Å². The molecule has 0 spiro atoms. The fraction of sp³-hybridized carbons (Fsp3) is 0.400. The van der Waals surface area contributed by atoms with Crippen LogP contribution in [0.3, 0.4) is 0 Å². The van der Waals surface area contributed by atoms with E-state index < -0.39 is 9.85 Å². The van der Waals surface area contributed by atoms with Crippen molar-refractivity contribution in [2.75, 3.05) is 5.43 Å². The second-order valence-electron chi connectivity index (χ2n) is 4.88. The highest BCUT2D eigenvalue weighted by molar-refractivity contribution is 5.73. The zero-order valence-corrected chi connectivity index (χ0v) is 13.0. The van der Waals surface area contributed by atoms with Gasteiger partial charge in [-0.1, -0.05) is 32.3 Å². The Morgan fingerprint density at radius 2 is 1.96 bits per heavy atom. The second kappa shape index (κ2) is 10.0. The summed E-state index contributed by atoms with van der Waals surface area (Å²) in [5.41, 5.74) is 1.91. The Morgan fingerprint density at radius 1 is 1.17 bits per heavy atom. The van der Waals surface area contributed by atoms with Crippen LogP contribution >= 0.6 is 0 Å². The van der Waals surface area contributed by atoms with Gasteiger partial charge in [0.1, 0.15) is 5.69 Å². The summed E-state index contributed by atoms with van der Waals surface area (Å²) in [6, 6.07) is 3.36. The lowest BCUT2D eigenvalue weighted by Crippen LogP contribution is -1.98. The number of benzene rings is 1. The van der Waals surface area contributed by atoms with Gasteiger partial charge in [0.25, 0.3) is 5.69 Å². The number of nitrogens with one attached hydrogen (secondary N) is 1. The van der Waals surface area contributed by atoms with E-state index in [0.29, 0.717) is 0 Å². The van der Waals surface area contributed by atoms with Crippen molar-refractivity contribution >= 4 is 23.3 Å². The molecule has 0 aliphatic heterocycles. The maximum absolute atomic E-state index is 10.9. The van der Waals surface area contributed by atoms with Crippen LogP contribution in [0.4, 0.5) is 17.1 Å². The predicted octanol–water partition coefficient (Wildman–Crippen LogP) is 4.43. The third kappa shape index (κ3) is 6.68. The molecule has 1 aromatic carbocycles. The molecule has 0 unspecified atom stereocenters. The SMILES string of the molecule is CCCCCC/C=C/C=N/Nc1ccc([N+](=O)[O-])cc1[N+](=O)[O-]. The van der Waals surface area contributed by atoms with Crippen molar-refractivity contribution in [2.45, 2.75) is 39.0 Å². The van der Waals surface area contributed by atoms with Crippen molar-refractivity contribution in [1.29, 1.82) is 0 Å². The fourth-order valence-electron chi connectivity index (χ4n) is 1.88. The number of unbranched alkanes of at least 4 members (excludes halogenated alkanes) is 4. The molecule has 8 heteroatoms. The molecule has 0 saturated heterocycles. The number of hydrogen-bond acceptors (Lipinski definition) is 6. The molecule has 1 aromatic rings. The fourth-order valence-corrected chi connectivity index (χ4v) is 1.88. The summed E-state index contributed by atoms with van der Waals surface area (Å²) in [4.78, 5) is 20.2. The third-order valence-electron chi connectivity index (χ3n) is 3.09. The first kappa shape index (κ1) is 18.3. The number of nitrogens with zero attached hydrogens (tertiary/aromatic N) is 3. The monoisotopic (exact) mass is 320 g/mol. The van der Waals surface area contributed by atoms with Crippen molar-refractivity contribution in [2.24, 2.45) is 5.10 Å². The molecular weight excluding hydrogens is 300 g/mol. The predicted molar refractivity (Wildman–Crippen MR) is 89.8 cm³/mol. The quantitative estimate of drug-likeness (QED) is 0.297. The average molecular weight is 320 g/mol. The zero-order chi connectivity index (χ0) is 17.1. The molecule has 0 aliphatic rings. The van der Waals surface area contributed by atoms with E-state index in [0.717, 1.165) is 18.9 Å². The average Bonchev–Trinajstić information content (AvgIpc) is 2.53. The summed E-state index contributed by atoms with van der Waals surface area (Å²) < 4.78 is 0. The van der Waals surface area contributed by atoms with Crippen LogP contribution in [0.5, 0.6) is 0 Å². The third-order valence-corrected chi connectivity index (χ3v) is 3.09. The van der Waals surface area contributed by atoms with E-state index in [1.165, 1.54) is 37.6 Å². The van der Waals surface area contributed by atoms with Crippen LogP contribution in [0.25, 0.3) is 0 Å². The molecule has 0 fully saturated rings. The number of rotatable bonds is 10. The lowest BCUT2D eigenvalue weighted by atomic mass is 10.1. The van der Waals surface area contributed by atoms with E-state index in [9.17, 15) is 20.2 Å². The number of nitro groups is 2. The molecule has 1 rings (SSSR count). The molecule has 0 amide bonds. The van der Waals surface area contributed by atoms with Crippen LogP contribution in [-0.4, -0.2) is 16.1 Å². The largest absolute Gasteiger partial charge is 0.301 e. The summed E-state index contributed by atoms with van der Waals surface area (Å²) in [5, 5.41) is 25.4. The van der Waals surface area contributed by atoms with Crippen LogP contribution < -0.4 is 5.43 Å². The first-order chi connectivity index (χ1) is 11.1. The first-order valence-corrected chi connectivity index (χ1v) is 7.43. The minimum atomic E-state index is -0.686. The van der Waals surface area contributed by atoms with Gasteiger partial charge in [-0.05, 0) is 25.0 Å². The summed E-state index contributed by atoms with van der Waals surface area (Å²) in [7, 11) is 0. The van der Waals surface area contributed by atoms with Crippen molar-refractivity contribution in [3.05, 3.63) is 50.6 Å². The van der Waals surface area contributed by atoms with Gasteiger partial charge in [0.15, 0.2) is 0 Å². The van der Waals surface area contributed by atoms with E-state index in [4.69, 9.17) is 0 Å². The Hall–Kier alpha value is -2.77. The molecule has 0 atom stereocenters. The summed E-state index contributed by atoms with van der Waals surface area (Å²) in [5.74, 6) is 0. The van der Waals surface area contributed by atoms with Gasteiger partial charge in [-0.15, -0.1) is 0 Å². The summed E-state index contributed by atoms with van der Waals surface area (Å²) in [6.07, 6.45) is 10.9. The van der Waals surface area contributed by atoms with E-state index >= 15 is 0 Å². The van der Waals surface area contributed by atoms with Gasteiger partial charge >= 0.3 is 5.69 Å². The zero-order valence-electron chi connectivity index (χ0n) is 13.0. The lowest BCUT2D eigenvalue weighted by Gasteiger charge is -2.01. The second-order valence-corrected chi connectivity index (χ2v) is 4.88. The van der Waals surface area contributed by atoms with Crippen LogP contribution in [0, 0.1) is 20.2 Å². The Balaban J connectivity index is 2.57. The van der Waals surface area contributed by atoms with Crippen LogP contribution in [0.1, 0.15) is 39.0 Å². The van der Waals surface area contributed by atoms with Crippen molar-refractivity contribution < 1.29 is 9.85 Å². The summed E-state index contributed by atoms with van der Waals surface area (Å²) >= 11 is 0. The number of hydrogen-bond donors (Lipinski definition) is 1. The van der Waals surface area contributed by atoms with Crippen LogP contribution in [0.2, 0.25) is 0 Å². The van der Waals surface area contributed by atoms with Crippen LogP contribution in [0.15, 0.2) is 35.5 Å². The van der Waals surface area contributed by atoms with Gasteiger partial charge in [0, 0.05) is 12.3 Å². The minimum absolute atomic E-state index is 0.105. The Labute approximate surface area is 134 Å². The number of hydrazone groups is 1. The van der Waals surface area contributed by atoms with Gasteiger partial charge in [-0.3, -0.25) is 25.7 Å². The molecular formula is C15H20N4O4. The molecule has 0 bridgehead atoms. The molecule has 23 heavy (non-hydrogen) atoms. The molecule has 8 nitrogen and oxygen atoms in total. The van der Waals surface area contributed by atoms with Crippen molar-refractivity contribution in [3.63, 3.8) is 0 Å². The molecule has 1 N–H and O–H groups in total. The van der Waals surface area contributed by atoms with Gasteiger partial charge in [-0.25, -0.2) is 0 Å². The Kier molecular flexibility index (Phi) is 7.98. The molecule has 124 valence electrons. The molecule has 0 radical (unpaired) electrons. The Morgan fingerprint density at radius 3 is 2.61 bits per heavy atom. The number of allylic oxidation sites excluding steroid dienone is 2. The van der Waals surface area contributed by atoms with Crippen LogP contribution in [-0.2, 0) is 0 Å². The highest BCUT2D eigenvalue weighted by atomic mass is 16.6. The van der Waals surface area contributed by atoms with Gasteiger partial charge in [0.05, 0.1) is 15.9 Å². The maximum atomic E-state index is 10.9. The first-order valence-electron chi connectivity index (χ1n) is 7.43. The number of non-ortho nitro benzene ring substituents is 1. The minimum Gasteiger partial charge on any atom is -0.272 e. The number of nitro benzene ring substituents is 2.